The molecule has 1 aromatic heterocycles. The van der Waals surface area contributed by atoms with Crippen molar-refractivity contribution in [1.82, 2.24) is 9.80 Å². The maximum atomic E-state index is 12.2. The molecule has 2 aliphatic rings. The minimum atomic E-state index is -0.260. The molecule has 2 atom stereocenters. The molecular weight excluding hydrogens is 276 g/mol. The number of fused-ring (bicyclic) bond motifs is 1. The van der Waals surface area contributed by atoms with Gasteiger partial charge in [0.25, 0.3) is 0 Å². The van der Waals surface area contributed by atoms with Crippen molar-refractivity contribution < 1.29 is 14.0 Å². The molecule has 2 amide bonds. The van der Waals surface area contributed by atoms with E-state index in [0.717, 1.165) is 24.4 Å². The number of hydrogen-bond acceptors (Lipinski definition) is 4. The van der Waals surface area contributed by atoms with Gasteiger partial charge in [-0.3, -0.25) is 9.59 Å². The molecule has 20 heavy (non-hydrogen) atoms. The first-order valence-corrected chi connectivity index (χ1v) is 7.88. The van der Waals surface area contributed by atoms with E-state index in [9.17, 15) is 9.59 Å². The number of nitrogens with zero attached hydrogens (tertiary/aromatic N) is 2. The fraction of sp³-hybridized carbons (Fsp3) is 0.571. The Hall–Kier alpha value is -1.43. The van der Waals surface area contributed by atoms with E-state index in [1.54, 1.807) is 23.1 Å². The van der Waals surface area contributed by atoms with Crippen molar-refractivity contribution in [3.05, 3.63) is 24.2 Å². The van der Waals surface area contributed by atoms with E-state index in [1.807, 2.05) is 23.9 Å². The molecule has 5 nitrogen and oxygen atoms in total. The second kappa shape index (κ2) is 5.52. The number of likely N-dealkylation sites (N-methyl/N-ethyl adjacent to an activating group) is 1. The molecule has 2 aliphatic heterocycles. The predicted molar refractivity (Wildman–Crippen MR) is 76.2 cm³/mol. The van der Waals surface area contributed by atoms with E-state index in [2.05, 4.69) is 0 Å². The highest BCUT2D eigenvalue weighted by Gasteiger charge is 2.41. The summed E-state index contributed by atoms with van der Waals surface area (Å²) in [6.07, 6.45) is 3.38. The van der Waals surface area contributed by atoms with Crippen molar-refractivity contribution in [3.63, 3.8) is 0 Å². The number of carbonyl (C=O) groups is 2. The molecule has 0 unspecified atom stereocenters. The molecule has 3 rings (SSSR count). The fourth-order valence-electron chi connectivity index (χ4n) is 2.84. The van der Waals surface area contributed by atoms with Crippen molar-refractivity contribution in [2.24, 2.45) is 0 Å². The van der Waals surface area contributed by atoms with Gasteiger partial charge in [-0.1, -0.05) is 0 Å². The fourth-order valence-corrected chi connectivity index (χ4v) is 3.99. The van der Waals surface area contributed by atoms with E-state index in [-0.39, 0.29) is 24.4 Å². The first-order valence-electron chi connectivity index (χ1n) is 6.83. The Bertz CT molecular complexity index is 503. The van der Waals surface area contributed by atoms with Crippen LogP contribution in [0.5, 0.6) is 0 Å². The number of rotatable bonds is 3. The van der Waals surface area contributed by atoms with Gasteiger partial charge in [0.15, 0.2) is 0 Å². The SMILES string of the molecule is CN1CC(=O)N2CC[C@H](SCc3ccco3)C[C@H]2C1=O. The quantitative estimate of drug-likeness (QED) is 0.844. The van der Waals surface area contributed by atoms with Gasteiger partial charge in [0, 0.05) is 18.8 Å². The minimum absolute atomic E-state index is 0.0755. The zero-order valence-corrected chi connectivity index (χ0v) is 12.3. The molecule has 2 saturated heterocycles. The number of thioether (sulfide) groups is 1. The van der Waals surface area contributed by atoms with Crippen LogP contribution in [0.4, 0.5) is 0 Å². The van der Waals surface area contributed by atoms with Crippen LogP contribution in [0.3, 0.4) is 0 Å². The maximum Gasteiger partial charge on any atom is 0.245 e. The summed E-state index contributed by atoms with van der Waals surface area (Å²) in [4.78, 5) is 27.4. The topological polar surface area (TPSA) is 53.8 Å². The lowest BCUT2D eigenvalue weighted by molar-refractivity contribution is -0.156. The summed E-state index contributed by atoms with van der Waals surface area (Å²) in [7, 11) is 1.71. The van der Waals surface area contributed by atoms with Gasteiger partial charge in [-0.25, -0.2) is 0 Å². The smallest absolute Gasteiger partial charge is 0.245 e. The van der Waals surface area contributed by atoms with E-state index in [0.29, 0.717) is 11.8 Å². The van der Waals surface area contributed by atoms with Crippen LogP contribution in [0.2, 0.25) is 0 Å². The van der Waals surface area contributed by atoms with Gasteiger partial charge >= 0.3 is 0 Å². The number of carbonyl (C=O) groups excluding carboxylic acids is 2. The number of amides is 2. The zero-order chi connectivity index (χ0) is 14.1. The highest BCUT2D eigenvalue weighted by atomic mass is 32.2. The molecule has 0 spiro atoms. The van der Waals surface area contributed by atoms with Crippen LogP contribution in [0, 0.1) is 0 Å². The summed E-state index contributed by atoms with van der Waals surface area (Å²) in [5, 5.41) is 0.407. The van der Waals surface area contributed by atoms with Crippen molar-refractivity contribution in [1.29, 1.82) is 0 Å². The molecular formula is C14H18N2O3S. The molecule has 1 aromatic rings. The summed E-state index contributed by atoms with van der Waals surface area (Å²) in [6.45, 7) is 0.915. The average molecular weight is 294 g/mol. The van der Waals surface area contributed by atoms with E-state index < -0.39 is 0 Å². The van der Waals surface area contributed by atoms with Crippen LogP contribution >= 0.6 is 11.8 Å². The molecule has 2 fully saturated rings. The van der Waals surface area contributed by atoms with Crippen molar-refractivity contribution in [2.45, 2.75) is 29.9 Å². The highest BCUT2D eigenvalue weighted by molar-refractivity contribution is 7.99. The van der Waals surface area contributed by atoms with Crippen molar-refractivity contribution in [3.8, 4) is 0 Å². The Labute approximate surface area is 122 Å². The van der Waals surface area contributed by atoms with Crippen LogP contribution in [-0.4, -0.2) is 53.0 Å². The van der Waals surface area contributed by atoms with E-state index in [1.165, 1.54) is 0 Å². The van der Waals surface area contributed by atoms with E-state index >= 15 is 0 Å². The zero-order valence-electron chi connectivity index (χ0n) is 11.4. The average Bonchev–Trinajstić information content (AvgIpc) is 2.96. The summed E-state index contributed by atoms with van der Waals surface area (Å²) in [6, 6.07) is 3.59. The summed E-state index contributed by atoms with van der Waals surface area (Å²) < 4.78 is 5.33. The lowest BCUT2D eigenvalue weighted by atomic mass is 9.98. The van der Waals surface area contributed by atoms with Crippen LogP contribution in [-0.2, 0) is 15.3 Å². The monoisotopic (exact) mass is 294 g/mol. The molecule has 0 N–H and O–H groups in total. The number of furan rings is 1. The van der Waals surface area contributed by atoms with Gasteiger partial charge in [-0.2, -0.15) is 11.8 Å². The predicted octanol–water partition coefficient (Wildman–Crippen LogP) is 1.34. The first kappa shape index (κ1) is 13.5. The Morgan fingerprint density at radius 3 is 3.05 bits per heavy atom. The third-order valence-electron chi connectivity index (χ3n) is 3.95. The molecule has 3 heterocycles. The number of piperazine rings is 1. The van der Waals surface area contributed by atoms with Crippen LogP contribution in [0.15, 0.2) is 22.8 Å². The van der Waals surface area contributed by atoms with Crippen molar-refractivity contribution in [2.75, 3.05) is 20.1 Å². The summed E-state index contributed by atoms with van der Waals surface area (Å²) in [5.41, 5.74) is 0. The Balaban J connectivity index is 1.61. The van der Waals surface area contributed by atoms with Gasteiger partial charge in [-0.05, 0) is 25.0 Å². The van der Waals surface area contributed by atoms with Gasteiger partial charge in [-0.15, -0.1) is 0 Å². The second-order valence-corrected chi connectivity index (χ2v) is 6.62. The molecule has 0 radical (unpaired) electrons. The molecule has 0 aliphatic carbocycles. The normalized spacial score (nSPS) is 26.9. The summed E-state index contributed by atoms with van der Waals surface area (Å²) in [5.74, 6) is 1.93. The van der Waals surface area contributed by atoms with Crippen LogP contribution in [0.25, 0.3) is 0 Å². The highest BCUT2D eigenvalue weighted by Crippen LogP contribution is 2.31. The van der Waals surface area contributed by atoms with Gasteiger partial charge in [0.2, 0.25) is 11.8 Å². The standard InChI is InChI=1S/C14H18N2O3S/c1-15-8-13(17)16-5-4-11(7-12(16)14(15)18)20-9-10-3-2-6-19-10/h2-3,6,11-12H,4-5,7-9H2,1H3/t11-,12-/m0/s1. The van der Waals surface area contributed by atoms with Gasteiger partial charge in [0.1, 0.15) is 11.8 Å². The number of piperidine rings is 1. The maximum absolute atomic E-state index is 12.2. The van der Waals surface area contributed by atoms with Gasteiger partial charge < -0.3 is 14.2 Å². The Kier molecular flexibility index (Phi) is 3.74. The first-order chi connectivity index (χ1) is 9.65. The molecule has 6 heteroatoms. The molecule has 0 bridgehead atoms. The Morgan fingerprint density at radius 2 is 2.30 bits per heavy atom. The van der Waals surface area contributed by atoms with Crippen LogP contribution in [0.1, 0.15) is 18.6 Å². The van der Waals surface area contributed by atoms with Gasteiger partial charge in [0.05, 0.1) is 18.6 Å². The van der Waals surface area contributed by atoms with Crippen molar-refractivity contribution >= 4 is 23.6 Å². The lowest BCUT2D eigenvalue weighted by Gasteiger charge is -2.43. The van der Waals surface area contributed by atoms with Crippen LogP contribution < -0.4 is 0 Å². The largest absolute Gasteiger partial charge is 0.468 e. The molecule has 0 aromatic carbocycles. The molecule has 0 saturated carbocycles. The number of hydrogen-bond donors (Lipinski definition) is 0. The molecule has 108 valence electrons. The summed E-state index contributed by atoms with van der Waals surface area (Å²) >= 11 is 1.81. The minimum Gasteiger partial charge on any atom is -0.468 e. The van der Waals surface area contributed by atoms with E-state index in [4.69, 9.17) is 4.42 Å². The second-order valence-electron chi connectivity index (χ2n) is 5.33. The Morgan fingerprint density at radius 1 is 1.45 bits per heavy atom. The third-order valence-corrected chi connectivity index (χ3v) is 5.30. The third kappa shape index (κ3) is 2.57. The lowest BCUT2D eigenvalue weighted by Crippen LogP contribution is -2.61.